The molecule has 3 N–H and O–H groups in total. The third kappa shape index (κ3) is 3.13. The Morgan fingerprint density at radius 2 is 1.94 bits per heavy atom. The molecule has 0 aromatic carbocycles. The second-order valence-corrected chi connectivity index (χ2v) is 6.68. The van der Waals surface area contributed by atoms with Crippen molar-refractivity contribution in [3.63, 3.8) is 0 Å². The van der Waals surface area contributed by atoms with Crippen molar-refractivity contribution in [2.24, 2.45) is 0 Å². The summed E-state index contributed by atoms with van der Waals surface area (Å²) in [5.74, 6) is 0.277. The lowest BCUT2D eigenvalue weighted by atomic mass is 9.79. The molecule has 1 aromatic rings. The average Bonchev–Trinajstić information content (AvgIpc) is 2.63. The van der Waals surface area contributed by atoms with Crippen LogP contribution in [0.5, 0.6) is 0 Å². The molecular formula is C14H23N2O2+. The highest BCUT2D eigenvalue weighted by Gasteiger charge is 2.42. The van der Waals surface area contributed by atoms with Crippen LogP contribution in [0.4, 0.5) is 0 Å². The first-order chi connectivity index (χ1) is 8.27. The van der Waals surface area contributed by atoms with E-state index < -0.39 is 0 Å². The number of nitrogens with one attached hydrogen (secondary N) is 1. The van der Waals surface area contributed by atoms with Crippen molar-refractivity contribution in [2.45, 2.75) is 57.7 Å². The number of furan rings is 1. The first-order valence-corrected chi connectivity index (χ1v) is 6.49. The predicted molar refractivity (Wildman–Crippen MR) is 69.3 cm³/mol. The normalized spacial score (nSPS) is 22.7. The average molecular weight is 251 g/mol. The van der Waals surface area contributed by atoms with Crippen LogP contribution in [0, 0.1) is 0 Å². The first kappa shape index (κ1) is 13.1. The number of rotatable bonds is 2. The van der Waals surface area contributed by atoms with E-state index in [2.05, 4.69) is 38.3 Å². The summed E-state index contributed by atoms with van der Waals surface area (Å²) in [5, 5.41) is 5.48. The number of hydrogen-bond donors (Lipinski definition) is 2. The van der Waals surface area contributed by atoms with Gasteiger partial charge in [0.15, 0.2) is 5.76 Å². The Balaban J connectivity index is 2.03. The number of amides is 1. The highest BCUT2D eigenvalue weighted by molar-refractivity contribution is 5.91. The van der Waals surface area contributed by atoms with Crippen LogP contribution in [0.25, 0.3) is 0 Å². The van der Waals surface area contributed by atoms with Crippen LogP contribution in [0.3, 0.4) is 0 Å². The van der Waals surface area contributed by atoms with Crippen molar-refractivity contribution in [3.05, 3.63) is 24.2 Å². The molecule has 1 saturated heterocycles. The maximum Gasteiger partial charge on any atom is 0.287 e. The van der Waals surface area contributed by atoms with Crippen LogP contribution in [0.1, 0.15) is 51.1 Å². The smallest absolute Gasteiger partial charge is 0.287 e. The molecule has 4 nitrogen and oxygen atoms in total. The quantitative estimate of drug-likeness (QED) is 0.832. The van der Waals surface area contributed by atoms with Crippen LogP contribution in [-0.4, -0.2) is 23.0 Å². The molecule has 0 atom stereocenters. The number of nitrogens with two attached hydrogens (primary N) is 1. The van der Waals surface area contributed by atoms with E-state index in [1.165, 1.54) is 6.26 Å². The molecule has 2 rings (SSSR count). The lowest BCUT2D eigenvalue weighted by Crippen LogP contribution is -3.06. The van der Waals surface area contributed by atoms with E-state index in [1.54, 1.807) is 12.1 Å². The summed E-state index contributed by atoms with van der Waals surface area (Å²) in [6.45, 7) is 8.89. The Morgan fingerprint density at radius 1 is 1.33 bits per heavy atom. The molecule has 4 heteroatoms. The Hall–Kier alpha value is -1.29. The topological polar surface area (TPSA) is 58.9 Å². The zero-order chi connectivity index (χ0) is 13.4. The van der Waals surface area contributed by atoms with Gasteiger partial charge in [-0.15, -0.1) is 0 Å². The number of carbonyl (C=O) groups excluding carboxylic acids is 1. The molecular weight excluding hydrogens is 228 g/mol. The van der Waals surface area contributed by atoms with Crippen molar-refractivity contribution >= 4 is 5.91 Å². The van der Waals surface area contributed by atoms with Gasteiger partial charge in [-0.05, 0) is 39.8 Å². The van der Waals surface area contributed by atoms with Gasteiger partial charge in [-0.3, -0.25) is 4.79 Å². The number of carbonyl (C=O) groups is 1. The van der Waals surface area contributed by atoms with Gasteiger partial charge in [-0.2, -0.15) is 0 Å². The standard InChI is InChI=1S/C14H22N2O2/c1-13(2)8-10(9-14(3,4)16-13)15-12(17)11-6-5-7-18-11/h5-7,10,16H,8-9H2,1-4H3,(H,15,17)/p+1. The van der Waals surface area contributed by atoms with Crippen molar-refractivity contribution in [2.75, 3.05) is 0 Å². The maximum atomic E-state index is 12.0. The largest absolute Gasteiger partial charge is 0.459 e. The molecule has 100 valence electrons. The number of quaternary nitrogens is 1. The molecule has 2 heterocycles. The second-order valence-electron chi connectivity index (χ2n) is 6.68. The van der Waals surface area contributed by atoms with Crippen molar-refractivity contribution in [1.29, 1.82) is 0 Å². The monoisotopic (exact) mass is 251 g/mol. The van der Waals surface area contributed by atoms with Gasteiger partial charge in [-0.1, -0.05) is 0 Å². The van der Waals surface area contributed by atoms with Gasteiger partial charge in [0.1, 0.15) is 0 Å². The SMILES string of the molecule is CC1(C)CC(NC(=O)c2ccco2)CC(C)(C)[NH2+]1. The van der Waals surface area contributed by atoms with E-state index >= 15 is 0 Å². The second kappa shape index (κ2) is 4.43. The zero-order valence-electron chi connectivity index (χ0n) is 11.6. The number of piperidine rings is 1. The van der Waals surface area contributed by atoms with Gasteiger partial charge in [0.25, 0.3) is 5.91 Å². The zero-order valence-corrected chi connectivity index (χ0v) is 11.6. The van der Waals surface area contributed by atoms with Crippen LogP contribution >= 0.6 is 0 Å². The first-order valence-electron chi connectivity index (χ1n) is 6.49. The Labute approximate surface area is 108 Å². The van der Waals surface area contributed by atoms with E-state index in [-0.39, 0.29) is 23.0 Å². The lowest BCUT2D eigenvalue weighted by molar-refractivity contribution is -0.787. The molecule has 1 fully saturated rings. The molecule has 1 aliphatic heterocycles. The molecule has 18 heavy (non-hydrogen) atoms. The van der Waals surface area contributed by atoms with E-state index in [4.69, 9.17) is 4.42 Å². The van der Waals surface area contributed by atoms with E-state index in [0.717, 1.165) is 12.8 Å². The summed E-state index contributed by atoms with van der Waals surface area (Å²) in [7, 11) is 0. The van der Waals surface area contributed by atoms with Crippen LogP contribution in [0.15, 0.2) is 22.8 Å². The Morgan fingerprint density at radius 3 is 2.44 bits per heavy atom. The summed E-state index contributed by atoms with van der Waals surface area (Å²) < 4.78 is 5.12. The summed E-state index contributed by atoms with van der Waals surface area (Å²) in [6.07, 6.45) is 3.48. The van der Waals surface area contributed by atoms with Gasteiger partial charge in [0.05, 0.1) is 17.3 Å². The summed E-state index contributed by atoms with van der Waals surface area (Å²) in [5.41, 5.74) is 0.311. The Kier molecular flexibility index (Phi) is 3.23. The molecule has 0 unspecified atom stereocenters. The molecule has 1 amide bonds. The van der Waals surface area contributed by atoms with E-state index in [0.29, 0.717) is 5.76 Å². The van der Waals surface area contributed by atoms with Crippen LogP contribution < -0.4 is 10.6 Å². The molecule has 0 bridgehead atoms. The van der Waals surface area contributed by atoms with Gasteiger partial charge >= 0.3 is 0 Å². The molecule has 1 aromatic heterocycles. The fourth-order valence-electron chi connectivity index (χ4n) is 3.28. The van der Waals surface area contributed by atoms with Gasteiger partial charge < -0.3 is 15.1 Å². The number of hydrogen-bond acceptors (Lipinski definition) is 2. The lowest BCUT2D eigenvalue weighted by Gasteiger charge is -2.43. The summed E-state index contributed by atoms with van der Waals surface area (Å²) in [6, 6.07) is 3.63. The van der Waals surface area contributed by atoms with Gasteiger partial charge in [0, 0.05) is 18.9 Å². The molecule has 0 radical (unpaired) electrons. The maximum absolute atomic E-state index is 12.0. The van der Waals surface area contributed by atoms with E-state index in [1.807, 2.05) is 0 Å². The minimum Gasteiger partial charge on any atom is -0.459 e. The third-order valence-corrected chi connectivity index (χ3v) is 3.41. The molecule has 0 spiro atoms. The van der Waals surface area contributed by atoms with Crippen molar-refractivity contribution in [3.8, 4) is 0 Å². The predicted octanol–water partition coefficient (Wildman–Crippen LogP) is 1.29. The van der Waals surface area contributed by atoms with Gasteiger partial charge in [0.2, 0.25) is 0 Å². The minimum atomic E-state index is -0.112. The fraction of sp³-hybridized carbons (Fsp3) is 0.643. The van der Waals surface area contributed by atoms with Crippen LogP contribution in [0.2, 0.25) is 0 Å². The van der Waals surface area contributed by atoms with Crippen LogP contribution in [-0.2, 0) is 0 Å². The fourth-order valence-corrected chi connectivity index (χ4v) is 3.28. The van der Waals surface area contributed by atoms with Crippen molar-refractivity contribution < 1.29 is 14.5 Å². The molecule has 0 aliphatic carbocycles. The third-order valence-electron chi connectivity index (χ3n) is 3.41. The molecule has 1 aliphatic rings. The Bertz CT molecular complexity index is 405. The van der Waals surface area contributed by atoms with Gasteiger partial charge in [-0.25, -0.2) is 0 Å². The highest BCUT2D eigenvalue weighted by Crippen LogP contribution is 2.22. The van der Waals surface area contributed by atoms with Crippen molar-refractivity contribution in [1.82, 2.24) is 5.32 Å². The van der Waals surface area contributed by atoms with E-state index in [9.17, 15) is 4.79 Å². The highest BCUT2D eigenvalue weighted by atomic mass is 16.3. The minimum absolute atomic E-state index is 0.112. The molecule has 0 saturated carbocycles. The summed E-state index contributed by atoms with van der Waals surface area (Å²) >= 11 is 0. The summed E-state index contributed by atoms with van der Waals surface area (Å²) in [4.78, 5) is 12.0.